The predicted molar refractivity (Wildman–Crippen MR) is 60.1 cm³/mol. The van der Waals surface area contributed by atoms with Gasteiger partial charge in [0.15, 0.2) is 0 Å². The van der Waals surface area contributed by atoms with Crippen LogP contribution in [-0.2, 0) is 4.79 Å². The van der Waals surface area contributed by atoms with Gasteiger partial charge in [0.2, 0.25) is 0 Å². The minimum atomic E-state index is 0.439. The third kappa shape index (κ3) is 3.91. The fourth-order valence-electron chi connectivity index (χ4n) is 1.92. The average molecular weight is 192 g/mol. The zero-order valence-corrected chi connectivity index (χ0v) is 9.20. The molecular formula is C13H20O. The molecule has 1 unspecified atom stereocenters. The molecule has 0 amide bonds. The summed E-state index contributed by atoms with van der Waals surface area (Å²) in [6.45, 7) is 4.62. The molecule has 1 aliphatic carbocycles. The van der Waals surface area contributed by atoms with E-state index in [1.807, 2.05) is 0 Å². The van der Waals surface area contributed by atoms with E-state index in [1.165, 1.54) is 12.8 Å². The van der Waals surface area contributed by atoms with Gasteiger partial charge < -0.3 is 4.79 Å². The summed E-state index contributed by atoms with van der Waals surface area (Å²) in [6.07, 6.45) is 13.8. The van der Waals surface area contributed by atoms with E-state index < -0.39 is 0 Å². The van der Waals surface area contributed by atoms with E-state index in [2.05, 4.69) is 38.2 Å². The summed E-state index contributed by atoms with van der Waals surface area (Å²) >= 11 is 0. The molecule has 78 valence electrons. The van der Waals surface area contributed by atoms with Crippen molar-refractivity contribution in [3.05, 3.63) is 24.3 Å². The number of aldehydes is 1. The van der Waals surface area contributed by atoms with Crippen molar-refractivity contribution in [3.63, 3.8) is 0 Å². The van der Waals surface area contributed by atoms with Crippen LogP contribution in [0, 0.1) is 11.3 Å². The zero-order chi connectivity index (χ0) is 10.4. The van der Waals surface area contributed by atoms with E-state index in [9.17, 15) is 4.79 Å². The Hall–Kier alpha value is -0.850. The summed E-state index contributed by atoms with van der Waals surface area (Å²) in [5, 5.41) is 0. The normalized spacial score (nSPS) is 25.4. The summed E-state index contributed by atoms with van der Waals surface area (Å²) < 4.78 is 0. The second-order valence-electron chi connectivity index (χ2n) is 4.84. The number of hydrogen-bond acceptors (Lipinski definition) is 1. The molecule has 0 aliphatic heterocycles. The Bertz CT molecular complexity index is 236. The summed E-state index contributed by atoms with van der Waals surface area (Å²) in [7, 11) is 0. The molecule has 1 atom stereocenters. The first kappa shape index (κ1) is 11.2. The first-order valence-corrected chi connectivity index (χ1v) is 5.41. The van der Waals surface area contributed by atoms with Gasteiger partial charge >= 0.3 is 0 Å². The maximum absolute atomic E-state index is 10.1. The molecule has 14 heavy (non-hydrogen) atoms. The van der Waals surface area contributed by atoms with Gasteiger partial charge in [0.1, 0.15) is 6.29 Å². The average Bonchev–Trinajstić information content (AvgIpc) is 2.11. The molecule has 0 aromatic rings. The van der Waals surface area contributed by atoms with Gasteiger partial charge in [0.25, 0.3) is 0 Å². The minimum absolute atomic E-state index is 0.439. The van der Waals surface area contributed by atoms with E-state index in [0.29, 0.717) is 17.8 Å². The number of carbonyl (C=O) groups excluding carboxylic acids is 1. The highest BCUT2D eigenvalue weighted by atomic mass is 16.1. The van der Waals surface area contributed by atoms with Gasteiger partial charge in [-0.1, -0.05) is 38.2 Å². The molecule has 0 heterocycles. The predicted octanol–water partition coefficient (Wildman–Crippen LogP) is 3.51. The summed E-state index contributed by atoms with van der Waals surface area (Å²) in [6, 6.07) is 0. The highest BCUT2D eigenvalue weighted by Crippen LogP contribution is 2.34. The molecule has 1 heteroatoms. The van der Waals surface area contributed by atoms with Crippen LogP contribution in [0.1, 0.15) is 39.5 Å². The lowest BCUT2D eigenvalue weighted by molar-refractivity contribution is -0.107. The molecule has 0 bridgehead atoms. The van der Waals surface area contributed by atoms with Crippen LogP contribution in [0.15, 0.2) is 24.3 Å². The first-order chi connectivity index (χ1) is 6.64. The van der Waals surface area contributed by atoms with Crippen molar-refractivity contribution in [2.75, 3.05) is 0 Å². The smallest absolute Gasteiger partial charge is 0.120 e. The van der Waals surface area contributed by atoms with Gasteiger partial charge in [0.05, 0.1) is 0 Å². The van der Waals surface area contributed by atoms with Gasteiger partial charge in [-0.15, -0.1) is 0 Å². The van der Waals surface area contributed by atoms with E-state index in [0.717, 1.165) is 12.7 Å². The minimum Gasteiger partial charge on any atom is -0.303 e. The standard InChI is InChI=1S/C13H20O/c1-13(2)9-6-8-12(11-13)7-4-3-5-10-14/h4,6-8,10,12H,3,5,9,11H2,1-2H3. The summed E-state index contributed by atoms with van der Waals surface area (Å²) in [5.41, 5.74) is 0.439. The van der Waals surface area contributed by atoms with E-state index in [1.54, 1.807) is 0 Å². The van der Waals surface area contributed by atoms with Crippen LogP contribution < -0.4 is 0 Å². The first-order valence-electron chi connectivity index (χ1n) is 5.41. The second-order valence-corrected chi connectivity index (χ2v) is 4.84. The maximum Gasteiger partial charge on any atom is 0.120 e. The maximum atomic E-state index is 10.1. The van der Waals surface area contributed by atoms with Crippen LogP contribution in [0.5, 0.6) is 0 Å². The fraction of sp³-hybridized carbons (Fsp3) is 0.615. The summed E-state index contributed by atoms with van der Waals surface area (Å²) in [5.74, 6) is 0.574. The van der Waals surface area contributed by atoms with Crippen molar-refractivity contribution in [2.24, 2.45) is 11.3 Å². The topological polar surface area (TPSA) is 17.1 Å². The summed E-state index contributed by atoms with van der Waals surface area (Å²) in [4.78, 5) is 10.1. The number of hydrogen-bond donors (Lipinski definition) is 0. The lowest BCUT2D eigenvalue weighted by atomic mass is 9.76. The molecule has 0 radical (unpaired) electrons. The van der Waals surface area contributed by atoms with Crippen LogP contribution in [0.4, 0.5) is 0 Å². The van der Waals surface area contributed by atoms with Crippen LogP contribution in [0.3, 0.4) is 0 Å². The molecule has 0 aromatic carbocycles. The quantitative estimate of drug-likeness (QED) is 0.378. The van der Waals surface area contributed by atoms with Crippen LogP contribution in [0.25, 0.3) is 0 Å². The number of unbranched alkanes of at least 4 members (excludes halogenated alkanes) is 1. The van der Waals surface area contributed by atoms with Crippen molar-refractivity contribution in [3.8, 4) is 0 Å². The Morgan fingerprint density at radius 3 is 2.86 bits per heavy atom. The number of carbonyl (C=O) groups is 1. The van der Waals surface area contributed by atoms with Crippen molar-refractivity contribution >= 4 is 6.29 Å². The highest BCUT2D eigenvalue weighted by molar-refractivity contribution is 5.49. The molecule has 1 aliphatic rings. The van der Waals surface area contributed by atoms with Crippen LogP contribution in [0.2, 0.25) is 0 Å². The third-order valence-electron chi connectivity index (χ3n) is 2.68. The number of rotatable bonds is 4. The van der Waals surface area contributed by atoms with Gasteiger partial charge in [-0.2, -0.15) is 0 Å². The van der Waals surface area contributed by atoms with Gasteiger partial charge in [-0.3, -0.25) is 0 Å². The van der Waals surface area contributed by atoms with Gasteiger partial charge in [-0.05, 0) is 30.6 Å². The molecule has 1 rings (SSSR count). The lowest BCUT2D eigenvalue weighted by Crippen LogP contribution is -2.17. The Labute approximate surface area is 86.9 Å². The van der Waals surface area contributed by atoms with E-state index in [4.69, 9.17) is 0 Å². The third-order valence-corrected chi connectivity index (χ3v) is 2.68. The Balaban J connectivity index is 2.38. The Morgan fingerprint density at radius 2 is 2.21 bits per heavy atom. The number of allylic oxidation sites excluding steroid dienone is 4. The molecule has 0 N–H and O–H groups in total. The molecular weight excluding hydrogens is 172 g/mol. The van der Waals surface area contributed by atoms with Crippen molar-refractivity contribution in [1.82, 2.24) is 0 Å². The molecule has 0 aromatic heterocycles. The highest BCUT2D eigenvalue weighted by Gasteiger charge is 2.22. The SMILES string of the molecule is CC1(C)CC=CC(C=CCCC=O)C1. The van der Waals surface area contributed by atoms with Crippen LogP contribution >= 0.6 is 0 Å². The Kier molecular flexibility index (Phi) is 4.12. The monoisotopic (exact) mass is 192 g/mol. The molecule has 0 spiro atoms. The molecule has 0 fully saturated rings. The molecule has 0 saturated heterocycles. The molecule has 1 nitrogen and oxygen atoms in total. The van der Waals surface area contributed by atoms with Gasteiger partial charge in [-0.25, -0.2) is 0 Å². The van der Waals surface area contributed by atoms with Crippen molar-refractivity contribution < 1.29 is 4.79 Å². The fourth-order valence-corrected chi connectivity index (χ4v) is 1.92. The second kappa shape index (κ2) is 5.14. The van der Waals surface area contributed by atoms with Crippen LogP contribution in [-0.4, -0.2) is 6.29 Å². The zero-order valence-electron chi connectivity index (χ0n) is 9.20. The van der Waals surface area contributed by atoms with Crippen molar-refractivity contribution in [2.45, 2.75) is 39.5 Å². The van der Waals surface area contributed by atoms with E-state index in [-0.39, 0.29) is 0 Å². The van der Waals surface area contributed by atoms with E-state index >= 15 is 0 Å². The Morgan fingerprint density at radius 1 is 1.43 bits per heavy atom. The largest absolute Gasteiger partial charge is 0.303 e. The molecule has 0 saturated carbocycles. The van der Waals surface area contributed by atoms with Crippen molar-refractivity contribution in [1.29, 1.82) is 0 Å². The lowest BCUT2D eigenvalue weighted by Gasteiger charge is -2.29. The van der Waals surface area contributed by atoms with Gasteiger partial charge in [0, 0.05) is 6.42 Å².